The predicted octanol–water partition coefficient (Wildman–Crippen LogP) is 2.31. The molecule has 1 aromatic rings. The lowest BCUT2D eigenvalue weighted by molar-refractivity contribution is -0.123. The van der Waals surface area contributed by atoms with Crippen LogP contribution in [-0.4, -0.2) is 18.0 Å². The molecule has 4 nitrogen and oxygen atoms in total. The van der Waals surface area contributed by atoms with Crippen molar-refractivity contribution in [1.82, 2.24) is 10.6 Å². The Kier molecular flexibility index (Phi) is 4.64. The number of amides is 1. The van der Waals surface area contributed by atoms with Gasteiger partial charge in [-0.1, -0.05) is 13.8 Å². The Morgan fingerprint density at radius 1 is 1.47 bits per heavy atom. The first kappa shape index (κ1) is 14.1. The summed E-state index contributed by atoms with van der Waals surface area (Å²) in [5.74, 6) is 2.20. The van der Waals surface area contributed by atoms with Crippen LogP contribution in [0.4, 0.5) is 0 Å². The number of carbonyl (C=O) groups excluding carboxylic acids is 1. The van der Waals surface area contributed by atoms with Gasteiger partial charge >= 0.3 is 0 Å². The third-order valence-corrected chi connectivity index (χ3v) is 4.34. The van der Waals surface area contributed by atoms with Crippen LogP contribution >= 0.6 is 0 Å². The first-order valence-corrected chi connectivity index (χ1v) is 7.14. The van der Waals surface area contributed by atoms with E-state index in [1.807, 2.05) is 19.1 Å². The SMILES string of the molecule is CC(NC1CCC(C)C1C)C(=O)NCc1ccco1. The van der Waals surface area contributed by atoms with Crippen LogP contribution in [0.3, 0.4) is 0 Å². The molecule has 1 aliphatic rings. The quantitative estimate of drug-likeness (QED) is 0.858. The number of carbonyl (C=O) groups is 1. The normalized spacial score (nSPS) is 28.3. The van der Waals surface area contributed by atoms with E-state index in [2.05, 4.69) is 24.5 Å². The Morgan fingerprint density at radius 3 is 2.84 bits per heavy atom. The van der Waals surface area contributed by atoms with Crippen molar-refractivity contribution in [3.8, 4) is 0 Å². The third kappa shape index (κ3) is 3.60. The van der Waals surface area contributed by atoms with Gasteiger partial charge in [0.05, 0.1) is 18.8 Å². The van der Waals surface area contributed by atoms with Crippen molar-refractivity contribution in [1.29, 1.82) is 0 Å². The Hall–Kier alpha value is -1.29. The molecule has 0 spiro atoms. The highest BCUT2D eigenvalue weighted by molar-refractivity contribution is 5.81. The summed E-state index contributed by atoms with van der Waals surface area (Å²) in [6.07, 6.45) is 4.03. The number of rotatable bonds is 5. The molecule has 1 fully saturated rings. The molecule has 0 aliphatic heterocycles. The fourth-order valence-electron chi connectivity index (χ4n) is 2.74. The molecule has 19 heavy (non-hydrogen) atoms. The highest BCUT2D eigenvalue weighted by Gasteiger charge is 2.31. The Labute approximate surface area is 114 Å². The van der Waals surface area contributed by atoms with Crippen LogP contribution in [0.2, 0.25) is 0 Å². The van der Waals surface area contributed by atoms with E-state index < -0.39 is 0 Å². The van der Waals surface area contributed by atoms with E-state index in [1.165, 1.54) is 6.42 Å². The van der Waals surface area contributed by atoms with Crippen molar-refractivity contribution in [3.05, 3.63) is 24.2 Å². The van der Waals surface area contributed by atoms with E-state index in [9.17, 15) is 4.79 Å². The van der Waals surface area contributed by atoms with Crippen molar-refractivity contribution in [2.24, 2.45) is 11.8 Å². The summed E-state index contributed by atoms with van der Waals surface area (Å²) in [6.45, 7) is 6.93. The zero-order valence-corrected chi connectivity index (χ0v) is 12.0. The van der Waals surface area contributed by atoms with Crippen molar-refractivity contribution < 1.29 is 9.21 Å². The van der Waals surface area contributed by atoms with Crippen LogP contribution in [-0.2, 0) is 11.3 Å². The summed E-state index contributed by atoms with van der Waals surface area (Å²) >= 11 is 0. The smallest absolute Gasteiger partial charge is 0.237 e. The number of furan rings is 1. The van der Waals surface area contributed by atoms with Gasteiger partial charge in [0.1, 0.15) is 5.76 Å². The molecule has 1 heterocycles. The van der Waals surface area contributed by atoms with Crippen molar-refractivity contribution in [3.63, 3.8) is 0 Å². The molecule has 2 rings (SSSR count). The summed E-state index contributed by atoms with van der Waals surface area (Å²) < 4.78 is 5.19. The lowest BCUT2D eigenvalue weighted by atomic mass is 9.97. The summed E-state index contributed by atoms with van der Waals surface area (Å²) in [5, 5.41) is 6.34. The number of hydrogen-bond donors (Lipinski definition) is 2. The van der Waals surface area contributed by atoms with Crippen molar-refractivity contribution in [2.75, 3.05) is 0 Å². The number of hydrogen-bond acceptors (Lipinski definition) is 3. The summed E-state index contributed by atoms with van der Waals surface area (Å²) in [5.41, 5.74) is 0. The Balaban J connectivity index is 1.76. The highest BCUT2D eigenvalue weighted by Crippen LogP contribution is 2.31. The van der Waals surface area contributed by atoms with Crippen LogP contribution in [0.5, 0.6) is 0 Å². The van der Waals surface area contributed by atoms with Gasteiger partial charge in [-0.3, -0.25) is 4.79 Å². The average molecular weight is 264 g/mol. The van der Waals surface area contributed by atoms with Gasteiger partial charge in [0.25, 0.3) is 0 Å². The maximum atomic E-state index is 12.0. The summed E-state index contributed by atoms with van der Waals surface area (Å²) in [6, 6.07) is 3.98. The molecule has 106 valence electrons. The van der Waals surface area contributed by atoms with Gasteiger partial charge in [-0.15, -0.1) is 0 Å². The molecule has 1 aromatic heterocycles. The Morgan fingerprint density at radius 2 is 2.26 bits per heavy atom. The fourth-order valence-corrected chi connectivity index (χ4v) is 2.74. The van der Waals surface area contributed by atoms with E-state index in [0.29, 0.717) is 18.5 Å². The van der Waals surface area contributed by atoms with Crippen LogP contribution in [0.1, 0.15) is 39.4 Å². The molecule has 4 heteroatoms. The minimum absolute atomic E-state index is 0.0307. The topological polar surface area (TPSA) is 54.3 Å². The van der Waals surface area contributed by atoms with Crippen LogP contribution in [0.25, 0.3) is 0 Å². The first-order chi connectivity index (χ1) is 9.08. The maximum Gasteiger partial charge on any atom is 0.237 e. The maximum absolute atomic E-state index is 12.0. The summed E-state index contributed by atoms with van der Waals surface area (Å²) in [7, 11) is 0. The van der Waals surface area contributed by atoms with Crippen LogP contribution in [0, 0.1) is 11.8 Å². The second kappa shape index (κ2) is 6.24. The zero-order valence-electron chi connectivity index (χ0n) is 12.0. The molecule has 1 saturated carbocycles. The average Bonchev–Trinajstić information content (AvgIpc) is 3.01. The predicted molar refractivity (Wildman–Crippen MR) is 74.5 cm³/mol. The van der Waals surface area contributed by atoms with Gasteiger partial charge in [0, 0.05) is 6.04 Å². The first-order valence-electron chi connectivity index (χ1n) is 7.14. The molecule has 4 atom stereocenters. The van der Waals surface area contributed by atoms with Crippen molar-refractivity contribution in [2.45, 2.75) is 52.2 Å². The van der Waals surface area contributed by atoms with E-state index in [-0.39, 0.29) is 11.9 Å². The van der Waals surface area contributed by atoms with Crippen LogP contribution in [0.15, 0.2) is 22.8 Å². The second-order valence-corrected chi connectivity index (χ2v) is 5.71. The lowest BCUT2D eigenvalue weighted by Gasteiger charge is -2.23. The molecule has 1 aliphatic carbocycles. The Bertz CT molecular complexity index is 402. The third-order valence-electron chi connectivity index (χ3n) is 4.34. The van der Waals surface area contributed by atoms with Crippen molar-refractivity contribution >= 4 is 5.91 Å². The van der Waals surface area contributed by atoms with Gasteiger partial charge in [-0.25, -0.2) is 0 Å². The van der Waals surface area contributed by atoms with E-state index in [1.54, 1.807) is 6.26 Å². The minimum atomic E-state index is -0.160. The largest absolute Gasteiger partial charge is 0.467 e. The van der Waals surface area contributed by atoms with Gasteiger partial charge in [-0.05, 0) is 43.7 Å². The number of nitrogens with one attached hydrogen (secondary N) is 2. The zero-order chi connectivity index (χ0) is 13.8. The lowest BCUT2D eigenvalue weighted by Crippen LogP contribution is -2.47. The van der Waals surface area contributed by atoms with Gasteiger partial charge < -0.3 is 15.1 Å². The van der Waals surface area contributed by atoms with Crippen LogP contribution < -0.4 is 10.6 Å². The van der Waals surface area contributed by atoms with E-state index in [0.717, 1.165) is 18.1 Å². The molecule has 0 radical (unpaired) electrons. The molecule has 1 amide bonds. The van der Waals surface area contributed by atoms with Gasteiger partial charge in [0.15, 0.2) is 0 Å². The molecular formula is C15H24N2O2. The minimum Gasteiger partial charge on any atom is -0.467 e. The second-order valence-electron chi connectivity index (χ2n) is 5.71. The monoisotopic (exact) mass is 264 g/mol. The molecule has 2 N–H and O–H groups in total. The highest BCUT2D eigenvalue weighted by atomic mass is 16.3. The molecule has 0 bridgehead atoms. The standard InChI is InChI=1S/C15H24N2O2/c1-10-6-7-14(11(10)2)17-12(3)15(18)16-9-13-5-4-8-19-13/h4-5,8,10-12,14,17H,6-7,9H2,1-3H3,(H,16,18). The van der Waals surface area contributed by atoms with E-state index in [4.69, 9.17) is 4.42 Å². The van der Waals surface area contributed by atoms with Gasteiger partial charge in [0.2, 0.25) is 5.91 Å². The molecule has 0 aromatic carbocycles. The molecule has 0 saturated heterocycles. The summed E-state index contributed by atoms with van der Waals surface area (Å²) in [4.78, 5) is 12.0. The molecular weight excluding hydrogens is 240 g/mol. The fraction of sp³-hybridized carbons (Fsp3) is 0.667. The molecule has 4 unspecified atom stereocenters. The van der Waals surface area contributed by atoms with E-state index >= 15 is 0 Å². The van der Waals surface area contributed by atoms with Gasteiger partial charge in [-0.2, -0.15) is 0 Å².